The Balaban J connectivity index is 1.43. The van der Waals surface area contributed by atoms with Crippen LogP contribution in [-0.2, 0) is 0 Å². The molecule has 1 fully saturated rings. The number of rotatable bonds is 3. The van der Waals surface area contributed by atoms with E-state index in [1.165, 1.54) is 0 Å². The summed E-state index contributed by atoms with van der Waals surface area (Å²) >= 11 is 6.05. The minimum atomic E-state index is -0.642. The highest BCUT2D eigenvalue weighted by Crippen LogP contribution is 2.38. The highest BCUT2D eigenvalue weighted by Gasteiger charge is 2.45. The van der Waals surface area contributed by atoms with E-state index in [2.05, 4.69) is 21.7 Å². The number of halogens is 1. The van der Waals surface area contributed by atoms with Gasteiger partial charge < -0.3 is 22.1 Å². The van der Waals surface area contributed by atoms with Gasteiger partial charge in [-0.25, -0.2) is 4.98 Å². The number of hydrogen-bond acceptors (Lipinski definition) is 5. The Morgan fingerprint density at radius 3 is 2.83 bits per heavy atom. The minimum Gasteiger partial charge on any atom is -0.399 e. The summed E-state index contributed by atoms with van der Waals surface area (Å²) in [6.45, 7) is 0. The highest BCUT2D eigenvalue weighted by atomic mass is 35.5. The first kappa shape index (κ1) is 15.3. The van der Waals surface area contributed by atoms with Gasteiger partial charge in [-0.1, -0.05) is 17.7 Å². The van der Waals surface area contributed by atoms with E-state index in [9.17, 15) is 0 Å². The first-order valence-electron chi connectivity index (χ1n) is 8.07. The van der Waals surface area contributed by atoms with Gasteiger partial charge >= 0.3 is 0 Å². The van der Waals surface area contributed by atoms with Crippen LogP contribution < -0.4 is 22.1 Å². The monoisotopic (exact) mass is 341 g/mol. The molecule has 1 aromatic carbocycles. The largest absolute Gasteiger partial charge is 0.399 e. The van der Waals surface area contributed by atoms with Crippen LogP contribution in [0.4, 0.5) is 5.82 Å². The molecule has 0 saturated heterocycles. The minimum absolute atomic E-state index is 0.297. The van der Waals surface area contributed by atoms with Crippen LogP contribution in [-0.4, -0.2) is 16.7 Å². The zero-order chi connectivity index (χ0) is 16.7. The van der Waals surface area contributed by atoms with E-state index in [0.717, 1.165) is 29.6 Å². The third kappa shape index (κ3) is 2.60. The number of hydrogen-bond donors (Lipinski definition) is 4. The lowest BCUT2D eigenvalue weighted by Gasteiger charge is -2.48. The number of nitrogens with two attached hydrogens (primary N) is 2. The summed E-state index contributed by atoms with van der Waals surface area (Å²) in [7, 11) is 0. The van der Waals surface area contributed by atoms with Crippen molar-refractivity contribution < 1.29 is 0 Å². The van der Waals surface area contributed by atoms with Gasteiger partial charge in [0.25, 0.3) is 0 Å². The fourth-order valence-corrected chi connectivity index (χ4v) is 3.57. The average Bonchev–Trinajstić information content (AvgIpc) is 2.53. The molecule has 5 nitrogen and oxygen atoms in total. The zero-order valence-corrected chi connectivity index (χ0v) is 13.9. The van der Waals surface area contributed by atoms with Crippen LogP contribution in [0.5, 0.6) is 0 Å². The molecule has 1 aliphatic carbocycles. The molecule has 6 heteroatoms. The number of dihydropyridines is 1. The molecule has 1 aliphatic heterocycles. The molecule has 1 unspecified atom stereocenters. The number of benzene rings is 1. The average molecular weight is 342 g/mol. The van der Waals surface area contributed by atoms with Gasteiger partial charge in [0.2, 0.25) is 0 Å². The number of pyridine rings is 1. The van der Waals surface area contributed by atoms with E-state index >= 15 is 0 Å². The molecule has 124 valence electrons. The van der Waals surface area contributed by atoms with E-state index in [1.54, 1.807) is 0 Å². The topological polar surface area (TPSA) is 89.0 Å². The maximum atomic E-state index is 6.44. The van der Waals surface area contributed by atoms with Crippen LogP contribution in [0.15, 0.2) is 54.4 Å². The van der Waals surface area contributed by atoms with Gasteiger partial charge in [0.1, 0.15) is 11.5 Å². The molecule has 0 amide bonds. The van der Waals surface area contributed by atoms with Gasteiger partial charge in [-0.05, 0) is 55.5 Å². The third-order valence-electron chi connectivity index (χ3n) is 4.96. The Kier molecular flexibility index (Phi) is 3.62. The first-order valence-corrected chi connectivity index (χ1v) is 8.44. The summed E-state index contributed by atoms with van der Waals surface area (Å²) in [6, 6.07) is 10.1. The van der Waals surface area contributed by atoms with Crippen molar-refractivity contribution in [3.05, 3.63) is 59.4 Å². The predicted molar refractivity (Wildman–Crippen MR) is 98.4 cm³/mol. The van der Waals surface area contributed by atoms with Crippen molar-refractivity contribution in [3.63, 3.8) is 0 Å². The Labute approximate surface area is 145 Å². The van der Waals surface area contributed by atoms with Crippen LogP contribution >= 0.6 is 11.6 Å². The molecule has 4 rings (SSSR count). The van der Waals surface area contributed by atoms with E-state index in [1.807, 2.05) is 42.6 Å². The zero-order valence-electron chi connectivity index (χ0n) is 13.2. The lowest BCUT2D eigenvalue weighted by Crippen LogP contribution is -2.65. The summed E-state index contributed by atoms with van der Waals surface area (Å²) in [6.07, 6.45) is 7.49. The molecule has 24 heavy (non-hydrogen) atoms. The molecule has 1 aromatic heterocycles. The fourth-order valence-electron chi connectivity index (χ4n) is 3.40. The van der Waals surface area contributed by atoms with Crippen LogP contribution in [0, 0.1) is 5.92 Å². The molecule has 2 heterocycles. The number of nitrogens with zero attached hydrogens (tertiary/aromatic N) is 1. The summed E-state index contributed by atoms with van der Waals surface area (Å²) in [5, 5.41) is 8.45. The van der Waals surface area contributed by atoms with E-state index < -0.39 is 5.66 Å². The number of anilines is 1. The second kappa shape index (κ2) is 5.69. The summed E-state index contributed by atoms with van der Waals surface area (Å²) in [5.41, 5.74) is 13.5. The Morgan fingerprint density at radius 1 is 1.25 bits per heavy atom. The molecule has 2 aromatic rings. The van der Waals surface area contributed by atoms with Gasteiger partial charge in [-0.2, -0.15) is 0 Å². The lowest BCUT2D eigenvalue weighted by molar-refractivity contribution is 0.158. The highest BCUT2D eigenvalue weighted by molar-refractivity contribution is 6.31. The normalized spacial score (nSPS) is 28.8. The number of nitrogens with one attached hydrogen (secondary N) is 2. The fraction of sp³-hybridized carbons (Fsp3) is 0.278. The molecule has 1 saturated carbocycles. The van der Waals surface area contributed by atoms with Gasteiger partial charge in [0.15, 0.2) is 0 Å². The van der Waals surface area contributed by atoms with Gasteiger partial charge in [-0.3, -0.25) is 0 Å². The van der Waals surface area contributed by atoms with Crippen molar-refractivity contribution in [1.29, 1.82) is 0 Å². The van der Waals surface area contributed by atoms with E-state index in [4.69, 9.17) is 23.1 Å². The standard InChI is InChI=1S/C18H20ClN5/c19-13-5-3-11-4-6-17(24-15(11)10-13)23-14-8-12(9-14)18(21)16(20)2-1-7-22-18/h1-7,10,12,14,22H,8-9,20-21H2,(H,23,24). The van der Waals surface area contributed by atoms with Crippen molar-refractivity contribution >= 4 is 28.3 Å². The smallest absolute Gasteiger partial charge is 0.129 e. The van der Waals surface area contributed by atoms with Gasteiger partial charge in [0, 0.05) is 28.1 Å². The van der Waals surface area contributed by atoms with E-state index in [0.29, 0.717) is 22.7 Å². The summed E-state index contributed by atoms with van der Waals surface area (Å²) in [5.74, 6) is 1.16. The Hall–Kier alpha value is -2.24. The maximum Gasteiger partial charge on any atom is 0.129 e. The number of fused-ring (bicyclic) bond motifs is 1. The third-order valence-corrected chi connectivity index (χ3v) is 5.20. The molecule has 1 atom stereocenters. The molecule has 0 bridgehead atoms. The van der Waals surface area contributed by atoms with Crippen LogP contribution in [0.2, 0.25) is 5.02 Å². The van der Waals surface area contributed by atoms with Crippen molar-refractivity contribution in [2.45, 2.75) is 24.5 Å². The molecule has 6 N–H and O–H groups in total. The second-order valence-electron chi connectivity index (χ2n) is 6.54. The van der Waals surface area contributed by atoms with E-state index in [-0.39, 0.29) is 0 Å². The predicted octanol–water partition coefficient (Wildman–Crippen LogP) is 2.69. The first-order chi connectivity index (χ1) is 11.5. The summed E-state index contributed by atoms with van der Waals surface area (Å²) < 4.78 is 0. The lowest BCUT2D eigenvalue weighted by atomic mass is 9.70. The Morgan fingerprint density at radius 2 is 2.04 bits per heavy atom. The number of aromatic nitrogens is 1. The molecule has 0 spiro atoms. The van der Waals surface area contributed by atoms with Gasteiger partial charge in [-0.15, -0.1) is 0 Å². The van der Waals surface area contributed by atoms with Gasteiger partial charge in [0.05, 0.1) is 5.52 Å². The molecular formula is C18H20ClN5. The van der Waals surface area contributed by atoms with Crippen LogP contribution in [0.1, 0.15) is 12.8 Å². The molecule has 2 aliphatic rings. The molecule has 0 radical (unpaired) electrons. The van der Waals surface area contributed by atoms with Crippen molar-refractivity contribution in [3.8, 4) is 0 Å². The summed E-state index contributed by atoms with van der Waals surface area (Å²) in [4.78, 5) is 4.64. The number of allylic oxidation sites excluding steroid dienone is 2. The quantitative estimate of drug-likeness (QED) is 0.689. The van der Waals surface area contributed by atoms with Crippen LogP contribution in [0.3, 0.4) is 0 Å². The van der Waals surface area contributed by atoms with Crippen molar-refractivity contribution in [2.75, 3.05) is 5.32 Å². The van der Waals surface area contributed by atoms with Crippen LogP contribution in [0.25, 0.3) is 10.9 Å². The Bertz CT molecular complexity index is 840. The SMILES string of the molecule is NC1=CC=CNC1(N)C1CC(Nc2ccc3ccc(Cl)cc3n2)C1. The molecular weight excluding hydrogens is 322 g/mol. The van der Waals surface area contributed by atoms with Crippen molar-refractivity contribution in [1.82, 2.24) is 10.3 Å². The maximum absolute atomic E-state index is 6.44. The second-order valence-corrected chi connectivity index (χ2v) is 6.97. The van der Waals surface area contributed by atoms with Crippen molar-refractivity contribution in [2.24, 2.45) is 17.4 Å².